The lowest BCUT2D eigenvalue weighted by Crippen LogP contribution is -2.40. The summed E-state index contributed by atoms with van der Waals surface area (Å²) in [5, 5.41) is 9.96. The molecule has 0 aliphatic carbocycles. The first-order valence-corrected chi connectivity index (χ1v) is 11.0. The number of hydrogen-bond acceptors (Lipinski definition) is 6. The zero-order valence-electron chi connectivity index (χ0n) is 18.2. The number of carbonyl (C=O) groups excluding carboxylic acids is 2. The Balaban J connectivity index is 1.40. The van der Waals surface area contributed by atoms with E-state index in [2.05, 4.69) is 15.5 Å². The standard InChI is InChI=1S/C23H25N5O4S/c1-31-19-7-5-16(6-8-19)21-25-26-23(33)28(21)10-9-20(29)24-18-4-2-3-17(15-18)22(30)27-11-13-32-14-12-27/h2-8,15H,9-14H2,1H3,(H,24,29)(H,26,33). The lowest BCUT2D eigenvalue weighted by Gasteiger charge is -2.27. The third-order valence-corrected chi connectivity index (χ3v) is 5.67. The van der Waals surface area contributed by atoms with Crippen molar-refractivity contribution in [1.29, 1.82) is 0 Å². The van der Waals surface area contributed by atoms with Crippen molar-refractivity contribution in [2.24, 2.45) is 0 Å². The Morgan fingerprint density at radius 1 is 1.18 bits per heavy atom. The second-order valence-corrected chi connectivity index (χ2v) is 7.90. The quantitative estimate of drug-likeness (QED) is 0.518. The summed E-state index contributed by atoms with van der Waals surface area (Å²) >= 11 is 5.35. The molecule has 33 heavy (non-hydrogen) atoms. The van der Waals surface area contributed by atoms with E-state index in [0.29, 0.717) is 54.7 Å². The number of nitrogens with zero attached hydrogens (tertiary/aromatic N) is 3. The Morgan fingerprint density at radius 3 is 2.67 bits per heavy atom. The van der Waals surface area contributed by atoms with Crippen LogP contribution < -0.4 is 10.1 Å². The van der Waals surface area contributed by atoms with E-state index < -0.39 is 0 Å². The van der Waals surface area contributed by atoms with Gasteiger partial charge >= 0.3 is 0 Å². The molecule has 0 bridgehead atoms. The molecule has 3 aromatic rings. The van der Waals surface area contributed by atoms with Crippen LogP contribution in [0.4, 0.5) is 5.69 Å². The summed E-state index contributed by atoms with van der Waals surface area (Å²) in [5.74, 6) is 1.14. The lowest BCUT2D eigenvalue weighted by molar-refractivity contribution is -0.116. The Hall–Kier alpha value is -3.50. The molecule has 1 aliphatic heterocycles. The van der Waals surface area contributed by atoms with Gasteiger partial charge in [0.25, 0.3) is 5.91 Å². The van der Waals surface area contributed by atoms with Gasteiger partial charge in [-0.3, -0.25) is 19.3 Å². The van der Waals surface area contributed by atoms with Gasteiger partial charge in [0.2, 0.25) is 5.91 Å². The highest BCUT2D eigenvalue weighted by molar-refractivity contribution is 7.71. The molecule has 1 fully saturated rings. The number of amides is 2. The van der Waals surface area contributed by atoms with Crippen LogP contribution in [0.5, 0.6) is 5.75 Å². The number of hydrogen-bond donors (Lipinski definition) is 2. The predicted molar refractivity (Wildman–Crippen MR) is 126 cm³/mol. The Morgan fingerprint density at radius 2 is 1.94 bits per heavy atom. The van der Waals surface area contributed by atoms with E-state index in [-0.39, 0.29) is 18.2 Å². The summed E-state index contributed by atoms with van der Waals surface area (Å²) in [6, 6.07) is 14.4. The second kappa shape index (κ2) is 10.4. The van der Waals surface area contributed by atoms with E-state index in [1.54, 1.807) is 40.8 Å². The average molecular weight is 468 g/mol. The molecular weight excluding hydrogens is 442 g/mol. The molecule has 9 nitrogen and oxygen atoms in total. The summed E-state index contributed by atoms with van der Waals surface area (Å²) in [7, 11) is 1.61. The van der Waals surface area contributed by atoms with Crippen LogP contribution in [0.15, 0.2) is 48.5 Å². The Bertz CT molecular complexity index is 1180. The van der Waals surface area contributed by atoms with Crippen molar-refractivity contribution >= 4 is 29.7 Å². The number of nitrogens with one attached hydrogen (secondary N) is 2. The first kappa shape index (κ1) is 22.7. The molecular formula is C23H25N5O4S. The molecule has 2 amide bonds. The van der Waals surface area contributed by atoms with Crippen molar-refractivity contribution in [1.82, 2.24) is 19.7 Å². The van der Waals surface area contributed by atoms with Crippen LogP contribution in [0.1, 0.15) is 16.8 Å². The van der Waals surface area contributed by atoms with Crippen LogP contribution in [0, 0.1) is 4.77 Å². The first-order valence-electron chi connectivity index (χ1n) is 10.6. The number of ether oxygens (including phenoxy) is 2. The number of H-pyrrole nitrogens is 1. The Kier molecular flexibility index (Phi) is 7.16. The maximum Gasteiger partial charge on any atom is 0.254 e. The van der Waals surface area contributed by atoms with Gasteiger partial charge < -0.3 is 19.7 Å². The zero-order valence-corrected chi connectivity index (χ0v) is 19.1. The number of benzene rings is 2. The van der Waals surface area contributed by atoms with E-state index in [4.69, 9.17) is 21.7 Å². The minimum atomic E-state index is -0.185. The molecule has 0 unspecified atom stereocenters. The van der Waals surface area contributed by atoms with E-state index in [9.17, 15) is 9.59 Å². The maximum atomic E-state index is 12.7. The molecule has 0 radical (unpaired) electrons. The molecule has 1 aromatic heterocycles. The van der Waals surface area contributed by atoms with E-state index in [1.807, 2.05) is 24.3 Å². The van der Waals surface area contributed by atoms with Crippen LogP contribution >= 0.6 is 12.2 Å². The number of carbonyl (C=O) groups is 2. The molecule has 2 heterocycles. The monoisotopic (exact) mass is 467 g/mol. The number of anilines is 1. The first-order chi connectivity index (χ1) is 16.0. The smallest absolute Gasteiger partial charge is 0.254 e. The second-order valence-electron chi connectivity index (χ2n) is 7.52. The minimum absolute atomic E-state index is 0.0665. The van der Waals surface area contributed by atoms with Crippen molar-refractivity contribution in [3.63, 3.8) is 0 Å². The molecule has 172 valence electrons. The summed E-state index contributed by atoms with van der Waals surface area (Å²) in [5.41, 5.74) is 1.97. The minimum Gasteiger partial charge on any atom is -0.497 e. The molecule has 2 aromatic carbocycles. The summed E-state index contributed by atoms with van der Waals surface area (Å²) < 4.78 is 12.7. The van der Waals surface area contributed by atoms with Crippen LogP contribution in [-0.4, -0.2) is 64.9 Å². The third kappa shape index (κ3) is 5.47. The zero-order chi connectivity index (χ0) is 23.2. The molecule has 2 N–H and O–H groups in total. The fourth-order valence-electron chi connectivity index (χ4n) is 3.60. The van der Waals surface area contributed by atoms with Crippen LogP contribution in [0.25, 0.3) is 11.4 Å². The van der Waals surface area contributed by atoms with Gasteiger partial charge in [0.05, 0.1) is 20.3 Å². The van der Waals surface area contributed by atoms with Crippen LogP contribution in [0.2, 0.25) is 0 Å². The van der Waals surface area contributed by atoms with Crippen molar-refractivity contribution in [2.75, 3.05) is 38.7 Å². The largest absolute Gasteiger partial charge is 0.497 e. The third-order valence-electron chi connectivity index (χ3n) is 5.36. The van der Waals surface area contributed by atoms with Gasteiger partial charge in [-0.15, -0.1) is 0 Å². The molecule has 10 heteroatoms. The highest BCUT2D eigenvalue weighted by Gasteiger charge is 2.19. The summed E-state index contributed by atoms with van der Waals surface area (Å²) in [6.45, 7) is 2.57. The lowest BCUT2D eigenvalue weighted by atomic mass is 10.1. The average Bonchev–Trinajstić information content (AvgIpc) is 3.23. The number of methoxy groups -OCH3 is 1. The normalized spacial score (nSPS) is 13.5. The molecule has 1 aliphatic rings. The van der Waals surface area contributed by atoms with Gasteiger partial charge in [-0.25, -0.2) is 0 Å². The maximum absolute atomic E-state index is 12.7. The van der Waals surface area contributed by atoms with Crippen LogP contribution in [0.3, 0.4) is 0 Å². The van der Waals surface area contributed by atoms with Gasteiger partial charge in [0.15, 0.2) is 10.6 Å². The van der Waals surface area contributed by atoms with Crippen LogP contribution in [-0.2, 0) is 16.1 Å². The SMILES string of the molecule is COc1ccc(-c2n[nH]c(=S)n2CCC(=O)Nc2cccc(C(=O)N3CCOCC3)c2)cc1. The van der Waals surface area contributed by atoms with Gasteiger partial charge in [-0.1, -0.05) is 6.07 Å². The van der Waals surface area contributed by atoms with Crippen molar-refractivity contribution in [3.8, 4) is 17.1 Å². The molecule has 0 saturated carbocycles. The highest BCUT2D eigenvalue weighted by Crippen LogP contribution is 2.21. The Labute approximate surface area is 196 Å². The fourth-order valence-corrected chi connectivity index (χ4v) is 3.82. The van der Waals surface area contributed by atoms with Gasteiger partial charge in [-0.05, 0) is 54.7 Å². The van der Waals surface area contributed by atoms with Crippen molar-refractivity contribution in [3.05, 3.63) is 58.9 Å². The van der Waals surface area contributed by atoms with Gasteiger partial charge in [0.1, 0.15) is 5.75 Å². The van der Waals surface area contributed by atoms with E-state index in [1.165, 1.54) is 0 Å². The molecule has 4 rings (SSSR count). The van der Waals surface area contributed by atoms with Crippen molar-refractivity contribution in [2.45, 2.75) is 13.0 Å². The van der Waals surface area contributed by atoms with E-state index >= 15 is 0 Å². The summed E-state index contributed by atoms with van der Waals surface area (Å²) in [4.78, 5) is 27.1. The number of morpholine rings is 1. The van der Waals surface area contributed by atoms with Crippen molar-refractivity contribution < 1.29 is 19.1 Å². The highest BCUT2D eigenvalue weighted by atomic mass is 32.1. The topological polar surface area (TPSA) is 101 Å². The number of rotatable bonds is 7. The summed E-state index contributed by atoms with van der Waals surface area (Å²) in [6.07, 6.45) is 0.193. The fraction of sp³-hybridized carbons (Fsp3) is 0.304. The number of aromatic nitrogens is 3. The van der Waals surface area contributed by atoms with Gasteiger partial charge in [-0.2, -0.15) is 5.10 Å². The molecule has 0 atom stereocenters. The van der Waals surface area contributed by atoms with Gasteiger partial charge in [0, 0.05) is 42.9 Å². The molecule has 1 saturated heterocycles. The van der Waals surface area contributed by atoms with E-state index in [0.717, 1.165) is 11.3 Å². The number of aromatic amines is 1. The predicted octanol–water partition coefficient (Wildman–Crippen LogP) is 3.12. The molecule has 0 spiro atoms.